The highest BCUT2D eigenvalue weighted by molar-refractivity contribution is 5.72. The van der Waals surface area contributed by atoms with Crippen molar-refractivity contribution in [1.29, 1.82) is 5.41 Å². The summed E-state index contributed by atoms with van der Waals surface area (Å²) in [7, 11) is 0. The van der Waals surface area contributed by atoms with E-state index in [0.717, 1.165) is 31.4 Å². The maximum absolute atomic E-state index is 7.62. The van der Waals surface area contributed by atoms with Crippen LogP contribution in [0, 0.1) is 5.41 Å². The van der Waals surface area contributed by atoms with Crippen LogP contribution in [-0.2, 0) is 11.3 Å². The molecule has 0 saturated heterocycles. The van der Waals surface area contributed by atoms with E-state index in [4.69, 9.17) is 15.9 Å². The van der Waals surface area contributed by atoms with Crippen LogP contribution in [0.3, 0.4) is 0 Å². The highest BCUT2D eigenvalue weighted by Gasteiger charge is 1.98. The first kappa shape index (κ1) is 12.7. The van der Waals surface area contributed by atoms with Crippen molar-refractivity contribution in [2.75, 3.05) is 6.54 Å². The molecule has 0 unspecified atom stereocenters. The Balaban J connectivity index is 2.11. The molecule has 0 spiro atoms. The molecule has 1 aromatic rings. The van der Waals surface area contributed by atoms with Gasteiger partial charge in [0.2, 0.25) is 0 Å². The predicted octanol–water partition coefficient (Wildman–Crippen LogP) is 2.70. The first-order valence-electron chi connectivity index (χ1n) is 5.77. The lowest BCUT2D eigenvalue weighted by Crippen LogP contribution is -2.04. The molecule has 1 aromatic carbocycles. The topological polar surface area (TPSA) is 59.1 Å². The van der Waals surface area contributed by atoms with E-state index >= 15 is 0 Å². The van der Waals surface area contributed by atoms with Gasteiger partial charge in [0, 0.05) is 6.42 Å². The summed E-state index contributed by atoms with van der Waals surface area (Å²) >= 11 is 0. The molecule has 0 aliphatic carbocycles. The van der Waals surface area contributed by atoms with Gasteiger partial charge in [-0.2, -0.15) is 0 Å². The first-order chi connectivity index (χ1) is 7.83. The SMILES string of the molecule is N=C(CCCCCN)OCc1ccccc1. The maximum Gasteiger partial charge on any atom is 0.180 e. The fraction of sp³-hybridized carbons (Fsp3) is 0.462. The molecule has 0 atom stereocenters. The zero-order chi connectivity index (χ0) is 11.6. The van der Waals surface area contributed by atoms with Gasteiger partial charge >= 0.3 is 0 Å². The van der Waals surface area contributed by atoms with Crippen LogP contribution < -0.4 is 5.73 Å². The summed E-state index contributed by atoms with van der Waals surface area (Å²) in [5.41, 5.74) is 6.50. The minimum Gasteiger partial charge on any atom is -0.476 e. The number of ether oxygens (including phenoxy) is 1. The molecule has 3 heteroatoms. The summed E-state index contributed by atoms with van der Waals surface area (Å²) in [6.07, 6.45) is 3.82. The van der Waals surface area contributed by atoms with Crippen LogP contribution in [0.15, 0.2) is 30.3 Å². The van der Waals surface area contributed by atoms with Gasteiger partial charge in [-0.25, -0.2) is 0 Å². The van der Waals surface area contributed by atoms with Crippen LogP contribution in [-0.4, -0.2) is 12.4 Å². The third kappa shape index (κ3) is 5.51. The quantitative estimate of drug-likeness (QED) is 0.421. The summed E-state index contributed by atoms with van der Waals surface area (Å²) in [5, 5.41) is 7.62. The summed E-state index contributed by atoms with van der Waals surface area (Å²) in [6, 6.07) is 9.93. The zero-order valence-corrected chi connectivity index (χ0v) is 9.61. The van der Waals surface area contributed by atoms with Crippen molar-refractivity contribution in [3.05, 3.63) is 35.9 Å². The standard InChI is InChI=1S/C13H20N2O/c14-10-6-2-5-9-13(15)16-11-12-7-3-1-4-8-12/h1,3-4,7-8,15H,2,5-6,9-11,14H2. The smallest absolute Gasteiger partial charge is 0.180 e. The second kappa shape index (κ2) is 7.88. The number of nitrogens with two attached hydrogens (primary N) is 1. The van der Waals surface area contributed by atoms with E-state index in [-0.39, 0.29) is 0 Å². The molecular weight excluding hydrogens is 200 g/mol. The van der Waals surface area contributed by atoms with Crippen molar-refractivity contribution < 1.29 is 4.74 Å². The summed E-state index contributed by atoms with van der Waals surface area (Å²) < 4.78 is 5.36. The molecular formula is C13H20N2O. The van der Waals surface area contributed by atoms with Crippen molar-refractivity contribution >= 4 is 5.90 Å². The van der Waals surface area contributed by atoms with Crippen LogP contribution in [0.2, 0.25) is 0 Å². The van der Waals surface area contributed by atoms with E-state index < -0.39 is 0 Å². The van der Waals surface area contributed by atoms with Crippen LogP contribution >= 0.6 is 0 Å². The Bertz CT molecular complexity index is 298. The van der Waals surface area contributed by atoms with Gasteiger partial charge < -0.3 is 10.5 Å². The average molecular weight is 220 g/mol. The maximum atomic E-state index is 7.62. The minimum atomic E-state index is 0.376. The van der Waals surface area contributed by atoms with Crippen molar-refractivity contribution in [1.82, 2.24) is 0 Å². The Hall–Kier alpha value is -1.35. The first-order valence-corrected chi connectivity index (χ1v) is 5.77. The normalized spacial score (nSPS) is 10.1. The molecule has 16 heavy (non-hydrogen) atoms. The molecule has 0 aromatic heterocycles. The molecule has 3 N–H and O–H groups in total. The molecule has 0 fully saturated rings. The Morgan fingerprint density at radius 1 is 1.12 bits per heavy atom. The van der Waals surface area contributed by atoms with Crippen molar-refractivity contribution in [2.45, 2.75) is 32.3 Å². The molecule has 0 amide bonds. The van der Waals surface area contributed by atoms with E-state index in [9.17, 15) is 0 Å². The molecule has 0 heterocycles. The van der Waals surface area contributed by atoms with Gasteiger partial charge in [-0.05, 0) is 24.9 Å². The Morgan fingerprint density at radius 3 is 2.56 bits per heavy atom. The van der Waals surface area contributed by atoms with Gasteiger partial charge in [0.15, 0.2) is 5.90 Å². The zero-order valence-electron chi connectivity index (χ0n) is 9.61. The van der Waals surface area contributed by atoms with E-state index in [1.165, 1.54) is 0 Å². The van der Waals surface area contributed by atoms with E-state index in [0.29, 0.717) is 18.9 Å². The van der Waals surface area contributed by atoms with Gasteiger partial charge in [-0.3, -0.25) is 5.41 Å². The number of nitrogens with one attached hydrogen (secondary N) is 1. The molecule has 0 aliphatic heterocycles. The van der Waals surface area contributed by atoms with Crippen molar-refractivity contribution in [3.8, 4) is 0 Å². The van der Waals surface area contributed by atoms with Crippen LogP contribution in [0.4, 0.5) is 0 Å². The molecule has 1 rings (SSSR count). The molecule has 0 aliphatic rings. The third-order valence-corrected chi connectivity index (χ3v) is 2.36. The largest absolute Gasteiger partial charge is 0.476 e. The van der Waals surface area contributed by atoms with E-state index in [1.807, 2.05) is 30.3 Å². The van der Waals surface area contributed by atoms with Crippen molar-refractivity contribution in [3.63, 3.8) is 0 Å². The number of benzene rings is 1. The highest BCUT2D eigenvalue weighted by Crippen LogP contribution is 2.04. The number of hydrogen-bond donors (Lipinski definition) is 2. The van der Waals surface area contributed by atoms with Gasteiger partial charge in [0.05, 0.1) is 0 Å². The second-order valence-electron chi connectivity index (χ2n) is 3.80. The number of hydrogen-bond acceptors (Lipinski definition) is 3. The molecule has 0 bridgehead atoms. The van der Waals surface area contributed by atoms with Crippen molar-refractivity contribution in [2.24, 2.45) is 5.73 Å². The predicted molar refractivity (Wildman–Crippen MR) is 66.5 cm³/mol. The lowest BCUT2D eigenvalue weighted by atomic mass is 10.2. The Kier molecular flexibility index (Phi) is 6.26. The monoisotopic (exact) mass is 220 g/mol. The summed E-state index contributed by atoms with van der Waals surface area (Å²) in [5.74, 6) is 0.376. The lowest BCUT2D eigenvalue weighted by Gasteiger charge is -2.07. The molecule has 88 valence electrons. The van der Waals surface area contributed by atoms with Gasteiger partial charge in [-0.1, -0.05) is 36.8 Å². The lowest BCUT2D eigenvalue weighted by molar-refractivity contribution is 0.279. The minimum absolute atomic E-state index is 0.376. The number of rotatable bonds is 7. The average Bonchev–Trinajstić information content (AvgIpc) is 2.33. The molecule has 0 radical (unpaired) electrons. The fourth-order valence-electron chi connectivity index (χ4n) is 1.42. The second-order valence-corrected chi connectivity index (χ2v) is 3.80. The Morgan fingerprint density at radius 2 is 1.88 bits per heavy atom. The van der Waals surface area contributed by atoms with E-state index in [1.54, 1.807) is 0 Å². The van der Waals surface area contributed by atoms with Gasteiger partial charge in [-0.15, -0.1) is 0 Å². The summed E-state index contributed by atoms with van der Waals surface area (Å²) in [6.45, 7) is 1.23. The van der Waals surface area contributed by atoms with Gasteiger partial charge in [0.1, 0.15) is 6.61 Å². The number of unbranched alkanes of at least 4 members (excludes halogenated alkanes) is 2. The Labute approximate surface area is 97.1 Å². The van der Waals surface area contributed by atoms with Crippen LogP contribution in [0.5, 0.6) is 0 Å². The third-order valence-electron chi connectivity index (χ3n) is 2.36. The molecule has 3 nitrogen and oxygen atoms in total. The molecule has 0 saturated carbocycles. The fourth-order valence-corrected chi connectivity index (χ4v) is 1.42. The highest BCUT2D eigenvalue weighted by atomic mass is 16.5. The van der Waals surface area contributed by atoms with E-state index in [2.05, 4.69) is 0 Å². The van der Waals surface area contributed by atoms with Crippen LogP contribution in [0.25, 0.3) is 0 Å². The van der Waals surface area contributed by atoms with Crippen LogP contribution in [0.1, 0.15) is 31.2 Å². The van der Waals surface area contributed by atoms with Gasteiger partial charge in [0.25, 0.3) is 0 Å². The summed E-state index contributed by atoms with van der Waals surface area (Å²) in [4.78, 5) is 0.